The topological polar surface area (TPSA) is 74.8 Å². The number of hydrogen-bond donors (Lipinski definition) is 2. The molecule has 0 aliphatic rings. The Balaban J connectivity index is 1.51. The molecular weight excluding hydrogens is 314 g/mol. The number of nitrogens with one attached hydrogen (secondary N) is 2. The fourth-order valence-electron chi connectivity index (χ4n) is 2.66. The Bertz CT molecular complexity index is 930. The van der Waals surface area contributed by atoms with E-state index >= 15 is 0 Å². The summed E-state index contributed by atoms with van der Waals surface area (Å²) in [4.78, 5) is 31.2. The highest BCUT2D eigenvalue weighted by molar-refractivity contribution is 5.76. The molecular formula is C20H21N3O2. The van der Waals surface area contributed by atoms with E-state index < -0.39 is 0 Å². The summed E-state index contributed by atoms with van der Waals surface area (Å²) in [5.41, 5.74) is 4.02. The van der Waals surface area contributed by atoms with Crippen LogP contribution in [0, 0.1) is 6.92 Å². The molecule has 1 heterocycles. The molecule has 0 fully saturated rings. The quantitative estimate of drug-likeness (QED) is 0.727. The Morgan fingerprint density at radius 2 is 1.84 bits per heavy atom. The summed E-state index contributed by atoms with van der Waals surface area (Å²) in [5.74, 6) is -0.0681. The molecule has 128 valence electrons. The van der Waals surface area contributed by atoms with E-state index in [9.17, 15) is 9.59 Å². The number of hydrogen-bond acceptors (Lipinski definition) is 3. The average molecular weight is 335 g/mol. The summed E-state index contributed by atoms with van der Waals surface area (Å²) in [6, 6.07) is 15.6. The number of rotatable bonds is 6. The maximum absolute atomic E-state index is 12.0. The first kappa shape index (κ1) is 16.9. The fourth-order valence-corrected chi connectivity index (χ4v) is 2.66. The molecule has 0 saturated heterocycles. The fraction of sp³-hybridized carbons (Fsp3) is 0.250. The Labute approximate surface area is 146 Å². The van der Waals surface area contributed by atoms with E-state index in [0.29, 0.717) is 24.2 Å². The molecule has 0 aliphatic heterocycles. The second-order valence-corrected chi connectivity index (χ2v) is 6.12. The first-order valence-electron chi connectivity index (χ1n) is 8.42. The summed E-state index contributed by atoms with van der Waals surface area (Å²) in [6.45, 7) is 2.64. The van der Waals surface area contributed by atoms with Crippen molar-refractivity contribution in [1.29, 1.82) is 0 Å². The molecule has 2 aromatic carbocycles. The zero-order valence-corrected chi connectivity index (χ0v) is 14.2. The van der Waals surface area contributed by atoms with Crippen LogP contribution in [0.4, 0.5) is 0 Å². The number of aryl methyl sites for hydroxylation is 2. The van der Waals surface area contributed by atoms with Gasteiger partial charge in [-0.05, 0) is 31.0 Å². The molecule has 5 heteroatoms. The van der Waals surface area contributed by atoms with Gasteiger partial charge in [0.05, 0.1) is 11.0 Å². The lowest BCUT2D eigenvalue weighted by Gasteiger charge is -2.06. The van der Waals surface area contributed by atoms with Crippen molar-refractivity contribution in [3.63, 3.8) is 0 Å². The number of carbonyl (C=O) groups excluding carboxylic acids is 1. The Hall–Kier alpha value is -2.95. The predicted octanol–water partition coefficient (Wildman–Crippen LogP) is 2.52. The molecule has 0 saturated carbocycles. The Kier molecular flexibility index (Phi) is 5.23. The molecule has 1 amide bonds. The number of benzene rings is 2. The van der Waals surface area contributed by atoms with E-state index in [1.165, 1.54) is 11.1 Å². The first-order valence-corrected chi connectivity index (χ1v) is 8.42. The van der Waals surface area contributed by atoms with Crippen LogP contribution < -0.4 is 10.9 Å². The normalized spacial score (nSPS) is 10.8. The van der Waals surface area contributed by atoms with Crippen LogP contribution in [-0.4, -0.2) is 22.4 Å². The summed E-state index contributed by atoms with van der Waals surface area (Å²) in [5, 5.41) is 2.89. The maximum Gasteiger partial charge on any atom is 0.270 e. The molecule has 0 aliphatic carbocycles. The number of para-hydroxylation sites is 2. The number of fused-ring (bicyclic) bond motifs is 1. The van der Waals surface area contributed by atoms with Crippen molar-refractivity contribution in [2.45, 2.75) is 26.2 Å². The molecule has 0 spiro atoms. The molecule has 1 aromatic heterocycles. The van der Waals surface area contributed by atoms with Crippen molar-refractivity contribution in [2.24, 2.45) is 0 Å². The summed E-state index contributed by atoms with van der Waals surface area (Å²) < 4.78 is 0. The molecule has 0 radical (unpaired) electrons. The van der Waals surface area contributed by atoms with Crippen molar-refractivity contribution in [3.8, 4) is 0 Å². The molecule has 0 unspecified atom stereocenters. The van der Waals surface area contributed by atoms with E-state index in [1.807, 2.05) is 31.2 Å². The third kappa shape index (κ3) is 4.53. The zero-order valence-electron chi connectivity index (χ0n) is 14.2. The number of nitrogens with zero attached hydrogens (tertiary/aromatic N) is 1. The van der Waals surface area contributed by atoms with Gasteiger partial charge in [-0.3, -0.25) is 9.59 Å². The Morgan fingerprint density at radius 1 is 1.08 bits per heavy atom. The number of aromatic nitrogens is 2. The molecule has 3 aromatic rings. The van der Waals surface area contributed by atoms with Crippen LogP contribution in [0.15, 0.2) is 53.3 Å². The van der Waals surface area contributed by atoms with E-state index in [1.54, 1.807) is 0 Å². The molecule has 0 atom stereocenters. The van der Waals surface area contributed by atoms with Gasteiger partial charge in [0, 0.05) is 19.4 Å². The third-order valence-corrected chi connectivity index (χ3v) is 4.12. The van der Waals surface area contributed by atoms with E-state index in [0.717, 1.165) is 11.9 Å². The smallest absolute Gasteiger partial charge is 0.270 e. The largest absolute Gasteiger partial charge is 0.356 e. The number of amides is 1. The lowest BCUT2D eigenvalue weighted by atomic mass is 10.1. The highest BCUT2D eigenvalue weighted by Gasteiger charge is 2.08. The minimum atomic E-state index is -0.230. The van der Waals surface area contributed by atoms with Crippen LogP contribution in [0.1, 0.15) is 23.2 Å². The first-order chi connectivity index (χ1) is 12.1. The van der Waals surface area contributed by atoms with Gasteiger partial charge in [0.25, 0.3) is 5.56 Å². The van der Waals surface area contributed by atoms with Gasteiger partial charge in [0.1, 0.15) is 5.69 Å². The lowest BCUT2D eigenvalue weighted by Crippen LogP contribution is -2.27. The summed E-state index contributed by atoms with van der Waals surface area (Å²) in [6.07, 6.45) is 1.37. The van der Waals surface area contributed by atoms with E-state index in [2.05, 4.69) is 39.6 Å². The predicted molar refractivity (Wildman–Crippen MR) is 98.6 cm³/mol. The second-order valence-electron chi connectivity index (χ2n) is 6.12. The van der Waals surface area contributed by atoms with Crippen molar-refractivity contribution >= 4 is 16.9 Å². The van der Waals surface area contributed by atoms with Crippen LogP contribution in [0.3, 0.4) is 0 Å². The minimum Gasteiger partial charge on any atom is -0.356 e. The Morgan fingerprint density at radius 3 is 2.64 bits per heavy atom. The van der Waals surface area contributed by atoms with Gasteiger partial charge in [0.15, 0.2) is 0 Å². The zero-order chi connectivity index (χ0) is 17.6. The van der Waals surface area contributed by atoms with Gasteiger partial charge >= 0.3 is 0 Å². The average Bonchev–Trinajstić information content (AvgIpc) is 2.61. The second kappa shape index (κ2) is 7.75. The van der Waals surface area contributed by atoms with Crippen molar-refractivity contribution in [2.75, 3.05) is 6.54 Å². The molecule has 2 N–H and O–H groups in total. The van der Waals surface area contributed by atoms with Crippen molar-refractivity contribution in [3.05, 3.63) is 75.7 Å². The highest BCUT2D eigenvalue weighted by Crippen LogP contribution is 2.07. The lowest BCUT2D eigenvalue weighted by molar-refractivity contribution is -0.121. The third-order valence-electron chi connectivity index (χ3n) is 4.12. The molecule has 5 nitrogen and oxygen atoms in total. The van der Waals surface area contributed by atoms with E-state index in [4.69, 9.17) is 0 Å². The van der Waals surface area contributed by atoms with Crippen LogP contribution in [0.5, 0.6) is 0 Å². The number of carbonyl (C=O) groups is 1. The maximum atomic E-state index is 12.0. The molecule has 3 rings (SSSR count). The van der Waals surface area contributed by atoms with Gasteiger partial charge in [-0.2, -0.15) is 0 Å². The SMILES string of the molecule is Cc1ccc(CCNC(=O)CCc2nc3ccccc3[nH]c2=O)cc1. The van der Waals surface area contributed by atoms with Crippen LogP contribution in [-0.2, 0) is 17.6 Å². The molecule has 25 heavy (non-hydrogen) atoms. The van der Waals surface area contributed by atoms with Gasteiger partial charge in [-0.1, -0.05) is 42.0 Å². The summed E-state index contributed by atoms with van der Waals surface area (Å²) in [7, 11) is 0. The monoisotopic (exact) mass is 335 g/mol. The van der Waals surface area contributed by atoms with Crippen LogP contribution in [0.2, 0.25) is 0 Å². The van der Waals surface area contributed by atoms with Gasteiger partial charge in [-0.25, -0.2) is 4.98 Å². The molecule has 0 bridgehead atoms. The van der Waals surface area contributed by atoms with Gasteiger partial charge in [0.2, 0.25) is 5.91 Å². The number of H-pyrrole nitrogens is 1. The van der Waals surface area contributed by atoms with Crippen LogP contribution >= 0.6 is 0 Å². The van der Waals surface area contributed by atoms with Crippen molar-refractivity contribution in [1.82, 2.24) is 15.3 Å². The van der Waals surface area contributed by atoms with Crippen molar-refractivity contribution < 1.29 is 4.79 Å². The summed E-state index contributed by atoms with van der Waals surface area (Å²) >= 11 is 0. The number of aromatic amines is 1. The highest BCUT2D eigenvalue weighted by atomic mass is 16.1. The minimum absolute atomic E-state index is 0.0681. The van der Waals surface area contributed by atoms with Gasteiger partial charge in [-0.15, -0.1) is 0 Å². The van der Waals surface area contributed by atoms with Gasteiger partial charge < -0.3 is 10.3 Å². The van der Waals surface area contributed by atoms with Crippen LogP contribution in [0.25, 0.3) is 11.0 Å². The standard InChI is InChI=1S/C20H21N3O2/c1-14-6-8-15(9-7-14)12-13-21-19(24)11-10-18-20(25)23-17-5-3-2-4-16(17)22-18/h2-9H,10-13H2,1H3,(H,21,24)(H,23,25). The van der Waals surface area contributed by atoms with E-state index in [-0.39, 0.29) is 17.9 Å².